The van der Waals surface area contributed by atoms with Crippen LogP contribution in [0.2, 0.25) is 0 Å². The van der Waals surface area contributed by atoms with E-state index in [9.17, 15) is 14.7 Å². The first-order chi connectivity index (χ1) is 17.7. The third-order valence-corrected chi connectivity index (χ3v) is 5.99. The van der Waals surface area contributed by atoms with Crippen LogP contribution >= 0.6 is 0 Å². The number of nitrogens with one attached hydrogen (secondary N) is 1. The maximum atomic E-state index is 12.6. The molecule has 0 radical (unpaired) electrons. The molecule has 3 aromatic carbocycles. The van der Waals surface area contributed by atoms with Gasteiger partial charge in [0.05, 0.1) is 0 Å². The van der Waals surface area contributed by atoms with E-state index in [0.717, 1.165) is 35.3 Å². The Bertz CT molecular complexity index is 1120. The fourth-order valence-electron chi connectivity index (χ4n) is 4.12. The predicted octanol–water partition coefficient (Wildman–Crippen LogP) is 6.57. The average Bonchev–Trinajstić information content (AvgIpc) is 2.86. The Morgan fingerprint density at radius 2 is 1.38 bits per heavy atom. The number of aryl methyl sites for hydroxylation is 1. The number of carboxylic acids is 1. The number of ether oxygens (including phenoxy) is 2. The van der Waals surface area contributed by atoms with Gasteiger partial charge >= 0.3 is 12.1 Å². The third kappa shape index (κ3) is 9.30. The molecule has 0 aromatic heterocycles. The lowest BCUT2D eigenvalue weighted by molar-refractivity contribution is -0.145. The number of aliphatic carboxylic acids is 1. The minimum Gasteiger partial charge on any atom is -0.489 e. The normalized spacial score (nSPS) is 12.8. The molecule has 3 aromatic rings. The summed E-state index contributed by atoms with van der Waals surface area (Å²) < 4.78 is 11.2. The molecule has 0 heterocycles. The molecule has 0 aliphatic heterocycles. The first kappa shape index (κ1) is 27.8. The van der Waals surface area contributed by atoms with Gasteiger partial charge < -0.3 is 19.9 Å². The Labute approximate surface area is 219 Å². The van der Waals surface area contributed by atoms with E-state index in [2.05, 4.69) is 5.32 Å². The van der Waals surface area contributed by atoms with Gasteiger partial charge in [-0.2, -0.15) is 0 Å². The fraction of sp³-hybridized carbons (Fsp3) is 0.355. The molecular weight excluding hydrogens is 466 g/mol. The summed E-state index contributed by atoms with van der Waals surface area (Å²) in [7, 11) is 0. The molecule has 0 aliphatic carbocycles. The van der Waals surface area contributed by atoms with E-state index in [0.29, 0.717) is 13.0 Å². The number of carbonyl (C=O) groups is 2. The van der Waals surface area contributed by atoms with Crippen LogP contribution in [0.15, 0.2) is 84.9 Å². The Balaban J connectivity index is 1.59. The molecule has 37 heavy (non-hydrogen) atoms. The van der Waals surface area contributed by atoms with Crippen molar-refractivity contribution >= 4 is 12.1 Å². The van der Waals surface area contributed by atoms with Crippen LogP contribution in [0.4, 0.5) is 4.79 Å². The van der Waals surface area contributed by atoms with Crippen molar-refractivity contribution in [2.75, 3.05) is 0 Å². The number of amides is 1. The average molecular weight is 504 g/mol. The first-order valence-corrected chi connectivity index (χ1v) is 12.7. The Morgan fingerprint density at radius 3 is 1.95 bits per heavy atom. The number of carboxylic acid groups (broad SMARTS) is 1. The Morgan fingerprint density at radius 1 is 0.784 bits per heavy atom. The highest BCUT2D eigenvalue weighted by Gasteiger charge is 2.41. The number of hydrogen-bond donors (Lipinski definition) is 2. The molecule has 0 saturated carbocycles. The van der Waals surface area contributed by atoms with Crippen LogP contribution < -0.4 is 10.1 Å². The van der Waals surface area contributed by atoms with Crippen molar-refractivity contribution in [2.45, 2.75) is 70.6 Å². The van der Waals surface area contributed by atoms with Crippen LogP contribution in [-0.4, -0.2) is 28.3 Å². The van der Waals surface area contributed by atoms with Crippen LogP contribution in [0.5, 0.6) is 5.75 Å². The number of benzene rings is 3. The van der Waals surface area contributed by atoms with Crippen molar-refractivity contribution in [3.8, 4) is 5.75 Å². The van der Waals surface area contributed by atoms with Crippen LogP contribution in [0.25, 0.3) is 0 Å². The minimum absolute atomic E-state index is 0.176. The molecule has 0 bridgehead atoms. The van der Waals surface area contributed by atoms with E-state index in [4.69, 9.17) is 9.47 Å². The molecule has 1 atom stereocenters. The summed E-state index contributed by atoms with van der Waals surface area (Å²) in [5.74, 6) is -0.260. The lowest BCUT2D eigenvalue weighted by Crippen LogP contribution is -2.57. The van der Waals surface area contributed by atoms with Crippen LogP contribution in [0.3, 0.4) is 0 Å². The first-order valence-electron chi connectivity index (χ1n) is 12.7. The molecule has 0 fully saturated rings. The van der Waals surface area contributed by atoms with E-state index < -0.39 is 23.2 Å². The van der Waals surface area contributed by atoms with Gasteiger partial charge in [-0.15, -0.1) is 0 Å². The van der Waals surface area contributed by atoms with E-state index >= 15 is 0 Å². The van der Waals surface area contributed by atoms with Crippen molar-refractivity contribution in [1.29, 1.82) is 0 Å². The molecule has 0 unspecified atom stereocenters. The molecule has 0 spiro atoms. The largest absolute Gasteiger partial charge is 0.489 e. The number of unbranched alkanes of at least 4 members (excludes halogenated alkanes) is 1. The second-order valence-corrected chi connectivity index (χ2v) is 10.3. The summed E-state index contributed by atoms with van der Waals surface area (Å²) in [4.78, 5) is 25.1. The molecule has 3 rings (SSSR count). The lowest BCUT2D eigenvalue weighted by Gasteiger charge is -2.32. The fourth-order valence-corrected chi connectivity index (χ4v) is 4.12. The number of hydrogen-bond acceptors (Lipinski definition) is 4. The molecule has 1 amide bonds. The second-order valence-electron chi connectivity index (χ2n) is 10.3. The third-order valence-electron chi connectivity index (χ3n) is 5.99. The SMILES string of the molecule is CC(C)(C)OC(=O)N[C@](CCCCc1ccc(OCc2ccccc2)cc1)(Cc1ccccc1)C(=O)O. The van der Waals surface area contributed by atoms with Crippen molar-refractivity contribution < 1.29 is 24.2 Å². The zero-order valence-corrected chi connectivity index (χ0v) is 21.9. The molecule has 0 aliphatic rings. The van der Waals surface area contributed by atoms with Gasteiger partial charge in [0, 0.05) is 6.42 Å². The standard InChI is InChI=1S/C31H37NO5/c1-30(2,3)37-29(35)32-31(28(33)34,22-25-13-6-4-7-14-25)21-11-10-12-24-17-19-27(20-18-24)36-23-26-15-8-5-9-16-26/h4-9,13-20H,10-12,21-23H2,1-3H3,(H,32,35)(H,33,34)/t31-/m1/s1. The Hall–Kier alpha value is -3.80. The van der Waals surface area contributed by atoms with Gasteiger partial charge in [-0.05, 0) is 68.9 Å². The van der Waals surface area contributed by atoms with Crippen molar-refractivity contribution in [3.63, 3.8) is 0 Å². The number of alkyl carbamates (subject to hydrolysis) is 1. The minimum atomic E-state index is -1.46. The molecule has 6 heteroatoms. The zero-order chi connectivity index (χ0) is 26.7. The van der Waals surface area contributed by atoms with Gasteiger partial charge in [0.1, 0.15) is 23.5 Å². The van der Waals surface area contributed by atoms with Gasteiger partial charge in [-0.25, -0.2) is 9.59 Å². The van der Waals surface area contributed by atoms with E-state index in [-0.39, 0.29) is 12.8 Å². The molecule has 2 N–H and O–H groups in total. The van der Waals surface area contributed by atoms with E-state index in [1.165, 1.54) is 0 Å². The van der Waals surface area contributed by atoms with Gasteiger partial charge in [0.25, 0.3) is 0 Å². The summed E-state index contributed by atoms with van der Waals surface area (Å²) >= 11 is 0. The monoisotopic (exact) mass is 503 g/mol. The maximum Gasteiger partial charge on any atom is 0.408 e. The molecule has 196 valence electrons. The topological polar surface area (TPSA) is 84.9 Å². The van der Waals surface area contributed by atoms with Gasteiger partial charge in [0.2, 0.25) is 0 Å². The van der Waals surface area contributed by atoms with Gasteiger partial charge in [0.15, 0.2) is 0 Å². The number of rotatable bonds is 12. The molecule has 0 saturated heterocycles. The smallest absolute Gasteiger partial charge is 0.408 e. The molecular formula is C31H37NO5. The van der Waals surface area contributed by atoms with Gasteiger partial charge in [-0.3, -0.25) is 0 Å². The Kier molecular flexibility index (Phi) is 9.72. The highest BCUT2D eigenvalue weighted by molar-refractivity contribution is 5.84. The van der Waals surface area contributed by atoms with E-state index in [1.807, 2.05) is 84.9 Å². The van der Waals surface area contributed by atoms with Gasteiger partial charge in [-0.1, -0.05) is 79.2 Å². The summed E-state index contributed by atoms with van der Waals surface area (Å²) in [5, 5.41) is 12.9. The van der Waals surface area contributed by atoms with Crippen molar-refractivity contribution in [3.05, 3.63) is 102 Å². The maximum absolute atomic E-state index is 12.6. The zero-order valence-electron chi connectivity index (χ0n) is 21.9. The summed E-state index contributed by atoms with van der Waals surface area (Å²) in [6.45, 7) is 5.78. The lowest BCUT2D eigenvalue weighted by atomic mass is 9.85. The van der Waals surface area contributed by atoms with Crippen LogP contribution in [0.1, 0.15) is 56.7 Å². The van der Waals surface area contributed by atoms with Crippen molar-refractivity contribution in [2.24, 2.45) is 0 Å². The van der Waals surface area contributed by atoms with Crippen LogP contribution in [0, 0.1) is 0 Å². The summed E-state index contributed by atoms with van der Waals surface area (Å²) in [6, 6.07) is 27.4. The summed E-state index contributed by atoms with van der Waals surface area (Å²) in [6.07, 6.45) is 1.94. The van der Waals surface area contributed by atoms with E-state index in [1.54, 1.807) is 20.8 Å². The second kappa shape index (κ2) is 12.9. The summed E-state index contributed by atoms with van der Waals surface area (Å²) in [5.41, 5.74) is 0.920. The quantitative estimate of drug-likeness (QED) is 0.273. The number of carbonyl (C=O) groups excluding carboxylic acids is 1. The highest BCUT2D eigenvalue weighted by atomic mass is 16.6. The molecule has 6 nitrogen and oxygen atoms in total. The highest BCUT2D eigenvalue weighted by Crippen LogP contribution is 2.24. The van der Waals surface area contributed by atoms with Crippen LogP contribution in [-0.2, 0) is 29.0 Å². The predicted molar refractivity (Wildman–Crippen MR) is 145 cm³/mol. The van der Waals surface area contributed by atoms with Crippen molar-refractivity contribution in [1.82, 2.24) is 5.32 Å².